The Morgan fingerprint density at radius 1 is 1.48 bits per heavy atom. The number of nitrogens with one attached hydrogen (secondary N) is 1. The molecule has 0 radical (unpaired) electrons. The molecule has 0 bridgehead atoms. The quantitative estimate of drug-likeness (QED) is 0.782. The van der Waals surface area contributed by atoms with Crippen molar-refractivity contribution in [3.05, 3.63) is 42.7 Å². The number of aryl methyl sites for hydroxylation is 1. The average Bonchev–Trinajstić information content (AvgIpc) is 3.01. The highest BCUT2D eigenvalue weighted by molar-refractivity contribution is 5.76. The van der Waals surface area contributed by atoms with Gasteiger partial charge in [0.2, 0.25) is 5.91 Å². The molecule has 2 aromatic rings. The number of amides is 1. The van der Waals surface area contributed by atoms with Crippen molar-refractivity contribution in [3.8, 4) is 0 Å². The monoisotopic (exact) mass is 289 g/mol. The fraction of sp³-hybridized carbons (Fsp3) is 0.429. The molecule has 0 spiro atoms. The molecule has 0 aromatic carbocycles. The molecule has 0 unspecified atom stereocenters. The number of rotatable bonds is 8. The van der Waals surface area contributed by atoms with Gasteiger partial charge < -0.3 is 10.1 Å². The average molecular weight is 289 g/mol. The van der Waals surface area contributed by atoms with Crippen LogP contribution in [0.1, 0.15) is 24.6 Å². The number of nitrogens with zero attached hydrogens (tertiary/aromatic N) is 4. The molecule has 0 fully saturated rings. The van der Waals surface area contributed by atoms with E-state index < -0.39 is 0 Å². The first-order chi connectivity index (χ1) is 10.3. The van der Waals surface area contributed by atoms with E-state index in [9.17, 15) is 4.79 Å². The minimum Gasteiger partial charge on any atom is -0.382 e. The molecule has 2 aromatic heterocycles. The van der Waals surface area contributed by atoms with Crippen LogP contribution in [0.2, 0.25) is 0 Å². The summed E-state index contributed by atoms with van der Waals surface area (Å²) in [4.78, 5) is 20.1. The van der Waals surface area contributed by atoms with E-state index in [0.717, 1.165) is 5.69 Å². The highest BCUT2D eigenvalue weighted by Gasteiger charge is 2.15. The topological polar surface area (TPSA) is 81.9 Å². The van der Waals surface area contributed by atoms with E-state index in [2.05, 4.69) is 20.4 Å². The van der Waals surface area contributed by atoms with Crippen LogP contribution in [-0.2, 0) is 16.1 Å². The van der Waals surface area contributed by atoms with E-state index in [-0.39, 0.29) is 11.9 Å². The summed E-state index contributed by atoms with van der Waals surface area (Å²) < 4.78 is 6.85. The summed E-state index contributed by atoms with van der Waals surface area (Å²) in [6, 6.07) is 5.38. The molecule has 0 aliphatic heterocycles. The van der Waals surface area contributed by atoms with Crippen molar-refractivity contribution in [2.75, 3.05) is 13.7 Å². The normalized spacial score (nSPS) is 12.0. The third kappa shape index (κ3) is 4.96. The standard InChI is InChI=1S/C14H19N5O2/c1-21-9-13(12-5-2-3-7-16-12)18-14(20)6-4-8-19-11-15-10-17-19/h2-3,5,7,10-11,13H,4,6,8-9H2,1H3,(H,18,20)/t13-/m0/s1. The molecule has 2 heterocycles. The second kappa shape index (κ2) is 8.11. The van der Waals surface area contributed by atoms with Crippen LogP contribution in [0, 0.1) is 0 Å². The number of carbonyl (C=O) groups is 1. The van der Waals surface area contributed by atoms with Crippen molar-refractivity contribution < 1.29 is 9.53 Å². The van der Waals surface area contributed by atoms with Crippen molar-refractivity contribution >= 4 is 5.91 Å². The number of carbonyl (C=O) groups excluding carboxylic acids is 1. The van der Waals surface area contributed by atoms with Gasteiger partial charge in [0.05, 0.1) is 18.3 Å². The van der Waals surface area contributed by atoms with Gasteiger partial charge in [-0.1, -0.05) is 6.07 Å². The summed E-state index contributed by atoms with van der Waals surface area (Å²) in [6.07, 6.45) is 5.95. The molecule has 112 valence electrons. The Kier molecular flexibility index (Phi) is 5.83. The highest BCUT2D eigenvalue weighted by Crippen LogP contribution is 2.10. The molecule has 0 aliphatic rings. The minimum atomic E-state index is -0.227. The summed E-state index contributed by atoms with van der Waals surface area (Å²) in [5.74, 6) is -0.0252. The Labute approximate surface area is 123 Å². The van der Waals surface area contributed by atoms with Crippen LogP contribution in [0.3, 0.4) is 0 Å². The second-order valence-corrected chi connectivity index (χ2v) is 4.59. The number of aromatic nitrogens is 4. The first kappa shape index (κ1) is 15.1. The maximum atomic E-state index is 12.0. The summed E-state index contributed by atoms with van der Waals surface area (Å²) in [5.41, 5.74) is 0.795. The van der Waals surface area contributed by atoms with E-state index in [0.29, 0.717) is 26.0 Å². The van der Waals surface area contributed by atoms with Gasteiger partial charge in [0.15, 0.2) is 0 Å². The molecule has 2 rings (SSSR count). The Hall–Kier alpha value is -2.28. The van der Waals surface area contributed by atoms with Crippen molar-refractivity contribution in [1.82, 2.24) is 25.1 Å². The zero-order valence-electron chi connectivity index (χ0n) is 12.0. The molecule has 1 atom stereocenters. The third-order valence-electron chi connectivity index (χ3n) is 2.97. The fourth-order valence-electron chi connectivity index (χ4n) is 1.97. The van der Waals surface area contributed by atoms with Gasteiger partial charge in [0.1, 0.15) is 12.7 Å². The van der Waals surface area contributed by atoms with Gasteiger partial charge in [0.25, 0.3) is 0 Å². The van der Waals surface area contributed by atoms with Gasteiger partial charge in [-0.2, -0.15) is 5.10 Å². The van der Waals surface area contributed by atoms with Gasteiger partial charge in [0, 0.05) is 26.3 Å². The van der Waals surface area contributed by atoms with Crippen molar-refractivity contribution in [2.24, 2.45) is 0 Å². The third-order valence-corrected chi connectivity index (χ3v) is 2.97. The van der Waals surface area contributed by atoms with Crippen molar-refractivity contribution in [3.63, 3.8) is 0 Å². The van der Waals surface area contributed by atoms with Crippen LogP contribution < -0.4 is 5.32 Å². The summed E-state index contributed by atoms with van der Waals surface area (Å²) in [6.45, 7) is 1.07. The van der Waals surface area contributed by atoms with Gasteiger partial charge in [-0.15, -0.1) is 0 Å². The van der Waals surface area contributed by atoms with E-state index in [4.69, 9.17) is 4.74 Å². The van der Waals surface area contributed by atoms with Gasteiger partial charge in [-0.05, 0) is 18.6 Å². The predicted molar refractivity (Wildman–Crippen MR) is 76.3 cm³/mol. The van der Waals surface area contributed by atoms with Crippen LogP contribution in [0.15, 0.2) is 37.1 Å². The molecule has 7 heteroatoms. The number of pyridine rings is 1. The lowest BCUT2D eigenvalue weighted by Crippen LogP contribution is -2.31. The summed E-state index contributed by atoms with van der Waals surface area (Å²) >= 11 is 0. The molecule has 0 saturated heterocycles. The lowest BCUT2D eigenvalue weighted by molar-refractivity contribution is -0.122. The Morgan fingerprint density at radius 2 is 2.38 bits per heavy atom. The molecular formula is C14H19N5O2. The largest absolute Gasteiger partial charge is 0.382 e. The van der Waals surface area contributed by atoms with Crippen LogP contribution in [0.5, 0.6) is 0 Å². The second-order valence-electron chi connectivity index (χ2n) is 4.59. The molecule has 21 heavy (non-hydrogen) atoms. The van der Waals surface area contributed by atoms with E-state index in [1.165, 1.54) is 6.33 Å². The highest BCUT2D eigenvalue weighted by atomic mass is 16.5. The predicted octanol–water partition coefficient (Wildman–Crippen LogP) is 0.957. The maximum Gasteiger partial charge on any atom is 0.220 e. The zero-order valence-corrected chi connectivity index (χ0v) is 12.0. The lowest BCUT2D eigenvalue weighted by atomic mass is 10.2. The summed E-state index contributed by atoms with van der Waals surface area (Å²) in [7, 11) is 1.60. The molecule has 0 saturated carbocycles. The number of methoxy groups -OCH3 is 1. The first-order valence-electron chi connectivity index (χ1n) is 6.81. The van der Waals surface area contributed by atoms with Crippen LogP contribution in [-0.4, -0.2) is 39.4 Å². The summed E-state index contributed by atoms with van der Waals surface area (Å²) in [5, 5.41) is 6.94. The van der Waals surface area contributed by atoms with Crippen LogP contribution in [0.4, 0.5) is 0 Å². The number of hydrogen-bond donors (Lipinski definition) is 1. The Bertz CT molecular complexity index is 530. The van der Waals surface area contributed by atoms with Crippen LogP contribution in [0.25, 0.3) is 0 Å². The number of hydrogen-bond acceptors (Lipinski definition) is 5. The number of ether oxygens (including phenoxy) is 1. The SMILES string of the molecule is COC[C@H](NC(=O)CCCn1cncn1)c1ccccn1. The maximum absolute atomic E-state index is 12.0. The minimum absolute atomic E-state index is 0.0252. The van der Waals surface area contributed by atoms with Gasteiger partial charge in [-0.3, -0.25) is 14.5 Å². The van der Waals surface area contributed by atoms with Gasteiger partial charge >= 0.3 is 0 Å². The molecule has 1 amide bonds. The Morgan fingerprint density at radius 3 is 3.05 bits per heavy atom. The van der Waals surface area contributed by atoms with Crippen molar-refractivity contribution in [2.45, 2.75) is 25.4 Å². The zero-order chi connectivity index (χ0) is 14.9. The van der Waals surface area contributed by atoms with E-state index in [1.807, 2.05) is 18.2 Å². The lowest BCUT2D eigenvalue weighted by Gasteiger charge is -2.17. The van der Waals surface area contributed by atoms with Gasteiger partial charge in [-0.25, -0.2) is 4.98 Å². The molecule has 0 aliphatic carbocycles. The fourth-order valence-corrected chi connectivity index (χ4v) is 1.97. The molecular weight excluding hydrogens is 270 g/mol. The van der Waals surface area contributed by atoms with Crippen LogP contribution >= 0.6 is 0 Å². The smallest absolute Gasteiger partial charge is 0.220 e. The van der Waals surface area contributed by atoms with E-state index >= 15 is 0 Å². The molecule has 1 N–H and O–H groups in total. The first-order valence-corrected chi connectivity index (χ1v) is 6.81. The Balaban J connectivity index is 1.81. The van der Waals surface area contributed by atoms with E-state index in [1.54, 1.807) is 24.3 Å². The molecule has 7 nitrogen and oxygen atoms in total. The van der Waals surface area contributed by atoms with Crippen molar-refractivity contribution in [1.29, 1.82) is 0 Å².